The summed E-state index contributed by atoms with van der Waals surface area (Å²) in [4.78, 5) is 34.5. The lowest BCUT2D eigenvalue weighted by Gasteiger charge is -2.31. The Hall–Kier alpha value is -3.62. The van der Waals surface area contributed by atoms with Gasteiger partial charge in [-0.2, -0.15) is 5.10 Å². The molecular formula is C20H19FN6O2. The minimum absolute atomic E-state index is 0.109. The lowest BCUT2D eigenvalue weighted by Crippen LogP contribution is -2.38. The van der Waals surface area contributed by atoms with Crippen LogP contribution in [0, 0.1) is 5.82 Å². The van der Waals surface area contributed by atoms with Gasteiger partial charge in [-0.05, 0) is 31.0 Å². The van der Waals surface area contributed by atoms with E-state index in [1.807, 2.05) is 0 Å². The predicted molar refractivity (Wildman–Crippen MR) is 103 cm³/mol. The summed E-state index contributed by atoms with van der Waals surface area (Å²) in [6.07, 6.45) is 5.97. The molecule has 1 fully saturated rings. The van der Waals surface area contributed by atoms with E-state index in [0.717, 1.165) is 18.5 Å². The molecule has 0 spiro atoms. The first-order valence-electron chi connectivity index (χ1n) is 9.28. The van der Waals surface area contributed by atoms with Crippen LogP contribution in [0.3, 0.4) is 0 Å². The van der Waals surface area contributed by atoms with E-state index in [9.17, 15) is 14.0 Å². The van der Waals surface area contributed by atoms with Crippen LogP contribution in [-0.4, -0.2) is 50.0 Å². The number of carbonyl (C=O) groups excluding carboxylic acids is 2. The van der Waals surface area contributed by atoms with Crippen molar-refractivity contribution in [2.24, 2.45) is 0 Å². The van der Waals surface area contributed by atoms with Crippen LogP contribution in [0.5, 0.6) is 0 Å². The average Bonchev–Trinajstić information content (AvgIpc) is 3.26. The van der Waals surface area contributed by atoms with Crippen molar-refractivity contribution < 1.29 is 14.0 Å². The zero-order valence-corrected chi connectivity index (χ0v) is 15.5. The number of nitrogens with one attached hydrogen (secondary N) is 2. The fraction of sp³-hybridized carbons (Fsp3) is 0.250. The molecule has 2 amide bonds. The van der Waals surface area contributed by atoms with Gasteiger partial charge in [-0.25, -0.2) is 9.37 Å². The van der Waals surface area contributed by atoms with Crippen LogP contribution in [0.4, 0.5) is 10.1 Å². The van der Waals surface area contributed by atoms with Gasteiger partial charge in [-0.3, -0.25) is 19.7 Å². The maximum absolute atomic E-state index is 13.7. The highest BCUT2D eigenvalue weighted by molar-refractivity contribution is 6.03. The van der Waals surface area contributed by atoms with Crippen LogP contribution in [0.15, 0.2) is 48.9 Å². The van der Waals surface area contributed by atoms with E-state index < -0.39 is 11.7 Å². The Kier molecular flexibility index (Phi) is 5.28. The number of carbonyl (C=O) groups is 2. The summed E-state index contributed by atoms with van der Waals surface area (Å²) in [7, 11) is 0. The topological polar surface area (TPSA) is 104 Å². The minimum Gasteiger partial charge on any atom is -0.337 e. The standard InChI is InChI=1S/C20H19FN6O2/c21-14-3-1-2-4-15(14)24-19(28)17-11-16(25-26-17)13-5-9-27(10-6-13)20(29)18-12-22-7-8-23-18/h1-4,7-8,11-13H,5-6,9-10H2,(H,24,28)(H,25,26). The molecule has 148 valence electrons. The first-order chi connectivity index (χ1) is 14.1. The first kappa shape index (κ1) is 18.7. The van der Waals surface area contributed by atoms with Crippen molar-refractivity contribution in [1.82, 2.24) is 25.1 Å². The van der Waals surface area contributed by atoms with Gasteiger partial charge in [0, 0.05) is 37.1 Å². The SMILES string of the molecule is O=C(Nc1ccccc1F)c1cc(C2CCN(C(=O)c3cnccn3)CC2)[nH]n1. The Morgan fingerprint density at radius 2 is 1.93 bits per heavy atom. The summed E-state index contributed by atoms with van der Waals surface area (Å²) in [5.41, 5.74) is 1.47. The number of amides is 2. The van der Waals surface area contributed by atoms with E-state index >= 15 is 0 Å². The Morgan fingerprint density at radius 3 is 2.66 bits per heavy atom. The third-order valence-electron chi connectivity index (χ3n) is 4.96. The van der Waals surface area contributed by atoms with Crippen molar-refractivity contribution in [1.29, 1.82) is 0 Å². The molecule has 1 aliphatic heterocycles. The lowest BCUT2D eigenvalue weighted by atomic mass is 9.93. The molecule has 0 unspecified atom stereocenters. The summed E-state index contributed by atoms with van der Waals surface area (Å²) >= 11 is 0. The molecule has 9 heteroatoms. The lowest BCUT2D eigenvalue weighted by molar-refractivity contribution is 0.0705. The summed E-state index contributed by atoms with van der Waals surface area (Å²) in [5, 5.41) is 9.48. The van der Waals surface area contributed by atoms with Crippen LogP contribution in [0.2, 0.25) is 0 Å². The number of likely N-dealkylation sites (tertiary alicyclic amines) is 1. The third-order valence-corrected chi connectivity index (χ3v) is 4.96. The number of para-hydroxylation sites is 1. The largest absolute Gasteiger partial charge is 0.337 e. The molecular weight excluding hydrogens is 375 g/mol. The summed E-state index contributed by atoms with van der Waals surface area (Å²) in [5.74, 6) is -0.959. The van der Waals surface area contributed by atoms with Gasteiger partial charge >= 0.3 is 0 Å². The fourth-order valence-electron chi connectivity index (χ4n) is 3.38. The molecule has 8 nitrogen and oxygen atoms in total. The maximum atomic E-state index is 13.7. The zero-order valence-electron chi connectivity index (χ0n) is 15.5. The molecule has 3 aromatic rings. The zero-order chi connectivity index (χ0) is 20.2. The molecule has 0 bridgehead atoms. The Bertz CT molecular complexity index is 1010. The van der Waals surface area contributed by atoms with Crippen molar-refractivity contribution in [3.05, 3.63) is 71.8 Å². The summed E-state index contributed by atoms with van der Waals surface area (Å²) in [6.45, 7) is 1.16. The quantitative estimate of drug-likeness (QED) is 0.708. The van der Waals surface area contributed by atoms with E-state index in [2.05, 4.69) is 25.5 Å². The van der Waals surface area contributed by atoms with Gasteiger partial charge in [0.15, 0.2) is 5.69 Å². The number of rotatable bonds is 4. The van der Waals surface area contributed by atoms with Crippen molar-refractivity contribution in [3.63, 3.8) is 0 Å². The van der Waals surface area contributed by atoms with Crippen LogP contribution in [-0.2, 0) is 0 Å². The molecule has 2 N–H and O–H groups in total. The Morgan fingerprint density at radius 1 is 1.14 bits per heavy atom. The van der Waals surface area contributed by atoms with Crippen molar-refractivity contribution in [3.8, 4) is 0 Å². The normalized spacial score (nSPS) is 14.6. The first-order valence-corrected chi connectivity index (χ1v) is 9.28. The Labute approximate surface area is 166 Å². The number of halogens is 1. The molecule has 0 radical (unpaired) electrons. The molecule has 1 aromatic carbocycles. The van der Waals surface area contributed by atoms with Crippen molar-refractivity contribution >= 4 is 17.5 Å². The number of aromatic nitrogens is 4. The van der Waals surface area contributed by atoms with E-state index in [1.54, 1.807) is 23.1 Å². The van der Waals surface area contributed by atoms with Crippen LogP contribution < -0.4 is 5.32 Å². The second-order valence-corrected chi connectivity index (χ2v) is 6.80. The smallest absolute Gasteiger partial charge is 0.276 e. The third kappa shape index (κ3) is 4.13. The molecule has 0 atom stereocenters. The molecule has 29 heavy (non-hydrogen) atoms. The van der Waals surface area contributed by atoms with Gasteiger partial charge < -0.3 is 10.2 Å². The van der Waals surface area contributed by atoms with E-state index in [0.29, 0.717) is 18.8 Å². The van der Waals surface area contributed by atoms with Crippen molar-refractivity contribution in [2.45, 2.75) is 18.8 Å². The number of hydrogen-bond donors (Lipinski definition) is 2. The van der Waals surface area contributed by atoms with Crippen molar-refractivity contribution in [2.75, 3.05) is 18.4 Å². The highest BCUT2D eigenvalue weighted by atomic mass is 19.1. The highest BCUT2D eigenvalue weighted by Crippen LogP contribution is 2.28. The van der Waals surface area contributed by atoms with Gasteiger partial charge in [0.2, 0.25) is 0 Å². The summed E-state index contributed by atoms with van der Waals surface area (Å²) in [6, 6.07) is 7.65. The van der Waals surface area contributed by atoms with Crippen LogP contribution in [0.25, 0.3) is 0 Å². The molecule has 4 rings (SSSR count). The Balaban J connectivity index is 1.36. The van der Waals surface area contributed by atoms with Gasteiger partial charge in [0.05, 0.1) is 11.9 Å². The maximum Gasteiger partial charge on any atom is 0.276 e. The van der Waals surface area contributed by atoms with Crippen LogP contribution in [0.1, 0.15) is 45.4 Å². The van der Waals surface area contributed by atoms with Crippen LogP contribution >= 0.6 is 0 Å². The van der Waals surface area contributed by atoms with E-state index in [4.69, 9.17) is 0 Å². The minimum atomic E-state index is -0.503. The number of anilines is 1. The number of benzene rings is 1. The second-order valence-electron chi connectivity index (χ2n) is 6.80. The van der Waals surface area contributed by atoms with E-state index in [1.165, 1.54) is 30.7 Å². The number of aromatic amines is 1. The fourth-order valence-corrected chi connectivity index (χ4v) is 3.38. The number of piperidine rings is 1. The second kappa shape index (κ2) is 8.17. The van der Waals surface area contributed by atoms with Gasteiger partial charge in [0.1, 0.15) is 11.5 Å². The molecule has 0 saturated carbocycles. The van der Waals surface area contributed by atoms with Gasteiger partial charge in [-0.15, -0.1) is 0 Å². The molecule has 1 saturated heterocycles. The number of nitrogens with zero attached hydrogens (tertiary/aromatic N) is 4. The molecule has 1 aliphatic rings. The van der Waals surface area contributed by atoms with Gasteiger partial charge in [0.25, 0.3) is 11.8 Å². The molecule has 2 aromatic heterocycles. The number of hydrogen-bond acceptors (Lipinski definition) is 5. The molecule has 3 heterocycles. The monoisotopic (exact) mass is 394 g/mol. The predicted octanol–water partition coefficient (Wildman–Crippen LogP) is 2.61. The average molecular weight is 394 g/mol. The summed E-state index contributed by atoms with van der Waals surface area (Å²) < 4.78 is 13.7. The van der Waals surface area contributed by atoms with Gasteiger partial charge in [-0.1, -0.05) is 12.1 Å². The molecule has 0 aliphatic carbocycles. The number of H-pyrrole nitrogens is 1. The highest BCUT2D eigenvalue weighted by Gasteiger charge is 2.27. The van der Waals surface area contributed by atoms with E-state index in [-0.39, 0.29) is 23.2 Å².